The monoisotopic (exact) mass is 554 g/mol. The van der Waals surface area contributed by atoms with Gasteiger partial charge in [-0.15, -0.1) is 0 Å². The van der Waals surface area contributed by atoms with Gasteiger partial charge in [0.1, 0.15) is 24.4 Å². The lowest BCUT2D eigenvalue weighted by Gasteiger charge is -2.55. The number of methoxy groups -OCH3 is 3. The minimum atomic E-state index is -2.13. The van der Waals surface area contributed by atoms with E-state index in [2.05, 4.69) is 46.0 Å². The number of ether oxygens (including phenoxy) is 8. The molecule has 4 rings (SSSR count). The van der Waals surface area contributed by atoms with E-state index in [4.69, 9.17) is 42.3 Å². The van der Waals surface area contributed by atoms with Crippen molar-refractivity contribution in [2.45, 2.75) is 114 Å². The van der Waals surface area contributed by atoms with Crippen molar-refractivity contribution in [1.82, 2.24) is 0 Å². The lowest BCUT2D eigenvalue weighted by atomic mass is 9.95. The molecule has 0 N–H and O–H groups in total. The van der Waals surface area contributed by atoms with Gasteiger partial charge in [-0.1, -0.05) is 51.1 Å². The average molecular weight is 555 g/mol. The summed E-state index contributed by atoms with van der Waals surface area (Å²) < 4.78 is 56.0. The molecule has 0 aromatic heterocycles. The predicted octanol–water partition coefficient (Wildman–Crippen LogP) is 4.24. The number of hydrogen-bond acceptors (Lipinski definition) is 9. The van der Waals surface area contributed by atoms with E-state index in [1.54, 1.807) is 21.3 Å². The minimum absolute atomic E-state index is 0.0368. The van der Waals surface area contributed by atoms with Crippen molar-refractivity contribution >= 4 is 8.32 Å². The zero-order chi connectivity index (χ0) is 27.7. The molecule has 1 aromatic carbocycles. The van der Waals surface area contributed by atoms with Gasteiger partial charge in [-0.3, -0.25) is 0 Å². The number of hydrogen-bond donors (Lipinski definition) is 0. The van der Waals surface area contributed by atoms with Crippen molar-refractivity contribution in [2.75, 3.05) is 27.9 Å². The summed E-state index contributed by atoms with van der Waals surface area (Å²) in [6.07, 6.45) is -2.98. The Labute approximate surface area is 228 Å². The third kappa shape index (κ3) is 6.20. The van der Waals surface area contributed by atoms with Crippen molar-refractivity contribution in [1.29, 1.82) is 0 Å². The van der Waals surface area contributed by atoms with E-state index >= 15 is 0 Å². The Balaban J connectivity index is 1.58. The van der Waals surface area contributed by atoms with Crippen molar-refractivity contribution in [3.05, 3.63) is 35.9 Å². The van der Waals surface area contributed by atoms with Gasteiger partial charge >= 0.3 is 0 Å². The maximum Gasteiger partial charge on any atom is 0.286 e. The van der Waals surface area contributed by atoms with Crippen LogP contribution < -0.4 is 0 Å². The first-order valence-corrected chi connectivity index (χ1v) is 16.4. The minimum Gasteiger partial charge on any atom is -0.409 e. The Kier molecular flexibility index (Phi) is 9.41. The molecule has 3 aliphatic heterocycles. The first kappa shape index (κ1) is 30.0. The first-order valence-electron chi connectivity index (χ1n) is 13.5. The fourth-order valence-electron chi connectivity index (χ4n) is 5.16. The van der Waals surface area contributed by atoms with Gasteiger partial charge in [0, 0.05) is 21.3 Å². The van der Waals surface area contributed by atoms with Crippen LogP contribution in [0.25, 0.3) is 0 Å². The molecule has 0 aliphatic carbocycles. The molecule has 216 valence electrons. The molecule has 0 bridgehead atoms. The average Bonchev–Trinajstić information content (AvgIpc) is 2.88. The molecule has 3 saturated heterocycles. The van der Waals surface area contributed by atoms with Gasteiger partial charge in [-0.25, -0.2) is 0 Å². The summed E-state index contributed by atoms with van der Waals surface area (Å²) in [6, 6.07) is 10.1. The van der Waals surface area contributed by atoms with Gasteiger partial charge in [0.2, 0.25) is 0 Å². The molecule has 0 radical (unpaired) electrons. The molecule has 1 unspecified atom stereocenters. The Hall–Kier alpha value is -0.923. The van der Waals surface area contributed by atoms with Crippen LogP contribution in [0.1, 0.15) is 39.7 Å². The topological polar surface area (TPSA) is 83.1 Å². The summed E-state index contributed by atoms with van der Waals surface area (Å²) in [5.41, 5.74) is 1.09. The fraction of sp³-hybridized carbons (Fsp3) is 0.786. The summed E-state index contributed by atoms with van der Waals surface area (Å²) in [6.45, 7) is 13.9. The maximum atomic E-state index is 6.89. The molecule has 3 heterocycles. The van der Waals surface area contributed by atoms with E-state index in [1.807, 2.05) is 25.1 Å². The number of benzene rings is 1. The van der Waals surface area contributed by atoms with Gasteiger partial charge in [0.25, 0.3) is 5.97 Å². The summed E-state index contributed by atoms with van der Waals surface area (Å²) in [5.74, 6) is -1.33. The molecule has 3 fully saturated rings. The predicted molar refractivity (Wildman–Crippen MR) is 143 cm³/mol. The second-order valence-corrected chi connectivity index (χ2v) is 16.7. The standard InChI is InChI=1S/C28H46O9Si/c1-18-22(37-38(8,9)27(2,3)4)20(32-16-19-13-11-10-12-14-19)15-28(35-18)33-17-21-23(36-28)24(29-5)25(30-6)26(31-7)34-21/h10-14,18,20-26H,15-17H2,1-9H3/t18-,20-,21-,22-,23-,24+,25-,26+,28?/m1/s1. The molecule has 9 nitrogen and oxygen atoms in total. The van der Waals surface area contributed by atoms with Crippen LogP contribution in [-0.4, -0.2) is 91.2 Å². The quantitative estimate of drug-likeness (QED) is 0.438. The van der Waals surface area contributed by atoms with Crippen molar-refractivity contribution in [3.63, 3.8) is 0 Å². The van der Waals surface area contributed by atoms with E-state index in [1.165, 1.54) is 0 Å². The summed E-state index contributed by atoms with van der Waals surface area (Å²) in [7, 11) is 2.70. The number of rotatable bonds is 8. The van der Waals surface area contributed by atoms with Gasteiger partial charge in [-0.2, -0.15) is 0 Å². The first-order chi connectivity index (χ1) is 17.9. The smallest absolute Gasteiger partial charge is 0.286 e. The maximum absolute atomic E-state index is 6.89. The van der Waals surface area contributed by atoms with E-state index in [-0.39, 0.29) is 30.0 Å². The lowest BCUT2D eigenvalue weighted by Crippen LogP contribution is -2.69. The molecular formula is C28H46O9Si. The van der Waals surface area contributed by atoms with Crippen LogP contribution in [0.5, 0.6) is 0 Å². The molecule has 9 atom stereocenters. The summed E-state index contributed by atoms with van der Waals surface area (Å²) >= 11 is 0. The van der Waals surface area contributed by atoms with Crippen molar-refractivity contribution < 1.29 is 42.3 Å². The van der Waals surface area contributed by atoms with Gasteiger partial charge in [0.15, 0.2) is 14.6 Å². The number of fused-ring (bicyclic) bond motifs is 1. The molecule has 10 heteroatoms. The Morgan fingerprint density at radius 3 is 2.24 bits per heavy atom. The molecule has 0 saturated carbocycles. The zero-order valence-electron chi connectivity index (χ0n) is 24.3. The fourth-order valence-corrected chi connectivity index (χ4v) is 6.54. The van der Waals surface area contributed by atoms with Crippen LogP contribution in [0, 0.1) is 0 Å². The highest BCUT2D eigenvalue weighted by molar-refractivity contribution is 6.74. The van der Waals surface area contributed by atoms with Gasteiger partial charge < -0.3 is 42.3 Å². The van der Waals surface area contributed by atoms with Crippen molar-refractivity contribution in [3.8, 4) is 0 Å². The van der Waals surface area contributed by atoms with Crippen LogP contribution in [0.2, 0.25) is 18.1 Å². The Bertz CT molecular complexity index is 894. The van der Waals surface area contributed by atoms with Crippen LogP contribution >= 0.6 is 0 Å². The highest BCUT2D eigenvalue weighted by atomic mass is 28.4. The molecule has 1 aromatic rings. The van der Waals surface area contributed by atoms with Crippen LogP contribution in [0.4, 0.5) is 0 Å². The lowest BCUT2D eigenvalue weighted by molar-refractivity contribution is -0.486. The van der Waals surface area contributed by atoms with Gasteiger partial charge in [-0.05, 0) is 30.6 Å². The highest BCUT2D eigenvalue weighted by Crippen LogP contribution is 2.45. The van der Waals surface area contributed by atoms with Crippen LogP contribution in [-0.2, 0) is 48.9 Å². The van der Waals surface area contributed by atoms with Crippen molar-refractivity contribution in [2.24, 2.45) is 0 Å². The molecule has 3 aliphatic rings. The Morgan fingerprint density at radius 1 is 0.947 bits per heavy atom. The van der Waals surface area contributed by atoms with E-state index in [9.17, 15) is 0 Å². The summed E-state index contributed by atoms with van der Waals surface area (Å²) in [4.78, 5) is 0. The molecule has 1 spiro atoms. The largest absolute Gasteiger partial charge is 0.409 e. The van der Waals surface area contributed by atoms with E-state index < -0.39 is 45.0 Å². The van der Waals surface area contributed by atoms with E-state index in [0.717, 1.165) is 5.56 Å². The molecule has 38 heavy (non-hydrogen) atoms. The molecular weight excluding hydrogens is 508 g/mol. The Morgan fingerprint density at radius 2 is 1.63 bits per heavy atom. The summed E-state index contributed by atoms with van der Waals surface area (Å²) in [5, 5.41) is 0.0368. The zero-order valence-corrected chi connectivity index (χ0v) is 25.3. The normalized spacial score (nSPS) is 38.2. The van der Waals surface area contributed by atoms with Crippen LogP contribution in [0.3, 0.4) is 0 Å². The van der Waals surface area contributed by atoms with E-state index in [0.29, 0.717) is 13.0 Å². The highest BCUT2D eigenvalue weighted by Gasteiger charge is 2.59. The SMILES string of the molecule is CO[C@H]1O[C@@H]2COC3(C[C@@H](OCc4ccccc4)[C@H](O[Si](C)(C)C(C)(C)C)[C@@H](C)O3)O[C@H]2[C@H](OC)[C@H]1OC. The third-order valence-electron chi connectivity index (χ3n) is 8.34. The van der Waals surface area contributed by atoms with Crippen LogP contribution in [0.15, 0.2) is 30.3 Å². The second kappa shape index (κ2) is 11.9. The third-order valence-corrected chi connectivity index (χ3v) is 12.8. The van der Waals surface area contributed by atoms with Gasteiger partial charge in [0.05, 0.1) is 37.9 Å². The molecule has 0 amide bonds. The second-order valence-electron chi connectivity index (χ2n) is 12.0.